The van der Waals surface area contributed by atoms with Crippen molar-refractivity contribution in [1.82, 2.24) is 10.1 Å². The van der Waals surface area contributed by atoms with Crippen LogP contribution in [0, 0.1) is 0 Å². The van der Waals surface area contributed by atoms with E-state index in [2.05, 4.69) is 29.2 Å². The lowest BCUT2D eigenvalue weighted by atomic mass is 10.1. The summed E-state index contributed by atoms with van der Waals surface area (Å²) < 4.78 is 16.1. The number of amides is 1. The number of hydrogen-bond donors (Lipinski definition) is 0. The lowest BCUT2D eigenvalue weighted by molar-refractivity contribution is -0.117. The Morgan fingerprint density at radius 2 is 1.86 bits per heavy atom. The zero-order chi connectivity index (χ0) is 20.4. The number of aromatic nitrogens is 2. The first-order valence-electron chi connectivity index (χ1n) is 9.58. The standard InChI is InChI=1S/C22H23N3O4/c1-4-14-5-7-15(8-6-14)21-23-22(29-24-21)16-11-20(26)25(13-16)17-9-10-18(27-2)19(12-17)28-3/h5-10,12,16H,4,11,13H2,1-3H3. The van der Waals surface area contributed by atoms with Crippen molar-refractivity contribution >= 4 is 11.6 Å². The summed E-state index contributed by atoms with van der Waals surface area (Å²) >= 11 is 0. The molecular weight excluding hydrogens is 370 g/mol. The summed E-state index contributed by atoms with van der Waals surface area (Å²) in [6.45, 7) is 2.59. The number of nitrogens with zero attached hydrogens (tertiary/aromatic N) is 3. The van der Waals surface area contributed by atoms with Crippen molar-refractivity contribution in [2.45, 2.75) is 25.7 Å². The molecule has 1 aliphatic heterocycles. The summed E-state index contributed by atoms with van der Waals surface area (Å²) in [6, 6.07) is 13.5. The number of benzene rings is 2. The van der Waals surface area contributed by atoms with Gasteiger partial charge in [0.05, 0.1) is 20.1 Å². The average Bonchev–Trinajstić information content (AvgIpc) is 3.40. The lowest BCUT2D eigenvalue weighted by Crippen LogP contribution is -2.24. The summed E-state index contributed by atoms with van der Waals surface area (Å²) in [4.78, 5) is 18.9. The Bertz CT molecular complexity index is 1010. The second kappa shape index (κ2) is 7.95. The maximum Gasteiger partial charge on any atom is 0.232 e. The molecule has 1 aromatic heterocycles. The molecule has 1 atom stereocenters. The van der Waals surface area contributed by atoms with E-state index >= 15 is 0 Å². The molecule has 4 rings (SSSR count). The Kier molecular flexibility index (Phi) is 5.20. The normalized spacial score (nSPS) is 16.3. The van der Waals surface area contributed by atoms with Gasteiger partial charge in [-0.3, -0.25) is 4.79 Å². The van der Waals surface area contributed by atoms with Gasteiger partial charge in [-0.15, -0.1) is 0 Å². The third-order valence-corrected chi connectivity index (χ3v) is 5.22. The van der Waals surface area contributed by atoms with Gasteiger partial charge in [0.1, 0.15) is 0 Å². The van der Waals surface area contributed by atoms with Crippen molar-refractivity contribution in [1.29, 1.82) is 0 Å². The molecule has 0 radical (unpaired) electrons. The fourth-order valence-corrected chi connectivity index (χ4v) is 3.52. The number of carbonyl (C=O) groups is 1. The van der Waals surface area contributed by atoms with E-state index < -0.39 is 0 Å². The minimum absolute atomic E-state index is 0.00858. The van der Waals surface area contributed by atoms with Crippen LogP contribution in [-0.4, -0.2) is 36.8 Å². The first-order chi connectivity index (χ1) is 14.1. The molecule has 1 unspecified atom stereocenters. The highest BCUT2D eigenvalue weighted by molar-refractivity contribution is 5.96. The van der Waals surface area contributed by atoms with Crippen molar-refractivity contribution in [2.75, 3.05) is 25.7 Å². The maximum absolute atomic E-state index is 12.6. The number of anilines is 1. The molecule has 29 heavy (non-hydrogen) atoms. The fraction of sp³-hybridized carbons (Fsp3) is 0.318. The van der Waals surface area contributed by atoms with Gasteiger partial charge in [-0.25, -0.2) is 0 Å². The van der Waals surface area contributed by atoms with Crippen molar-refractivity contribution in [3.05, 3.63) is 53.9 Å². The Balaban J connectivity index is 1.53. The van der Waals surface area contributed by atoms with Crippen LogP contribution in [0.5, 0.6) is 11.5 Å². The van der Waals surface area contributed by atoms with E-state index in [9.17, 15) is 4.79 Å². The van der Waals surface area contributed by atoms with Crippen molar-refractivity contribution in [3.63, 3.8) is 0 Å². The molecule has 0 saturated carbocycles. The zero-order valence-corrected chi connectivity index (χ0v) is 16.7. The minimum Gasteiger partial charge on any atom is -0.493 e. The highest BCUT2D eigenvalue weighted by atomic mass is 16.5. The molecular formula is C22H23N3O4. The van der Waals surface area contributed by atoms with Crippen LogP contribution in [-0.2, 0) is 11.2 Å². The van der Waals surface area contributed by atoms with Crippen molar-refractivity contribution in [3.8, 4) is 22.9 Å². The summed E-state index contributed by atoms with van der Waals surface area (Å²) in [5.74, 6) is 2.09. The molecule has 2 heterocycles. The molecule has 2 aromatic carbocycles. The smallest absolute Gasteiger partial charge is 0.232 e. The van der Waals surface area contributed by atoms with E-state index in [-0.39, 0.29) is 11.8 Å². The van der Waals surface area contributed by atoms with Gasteiger partial charge in [0.2, 0.25) is 17.6 Å². The van der Waals surface area contributed by atoms with Gasteiger partial charge >= 0.3 is 0 Å². The summed E-state index contributed by atoms with van der Waals surface area (Å²) in [7, 11) is 3.15. The van der Waals surface area contributed by atoms with Crippen LogP contribution in [0.4, 0.5) is 5.69 Å². The van der Waals surface area contributed by atoms with E-state index in [0.717, 1.165) is 17.7 Å². The van der Waals surface area contributed by atoms with Crippen molar-refractivity contribution < 1.29 is 18.8 Å². The molecule has 3 aromatic rings. The Hall–Kier alpha value is -3.35. The van der Waals surface area contributed by atoms with Crippen LogP contribution in [0.2, 0.25) is 0 Å². The number of methoxy groups -OCH3 is 2. The molecule has 0 bridgehead atoms. The van der Waals surface area contributed by atoms with Gasteiger partial charge < -0.3 is 18.9 Å². The second-order valence-corrected chi connectivity index (χ2v) is 6.95. The van der Waals surface area contributed by atoms with Gasteiger partial charge in [0, 0.05) is 30.3 Å². The zero-order valence-electron chi connectivity index (χ0n) is 16.7. The molecule has 0 aliphatic carbocycles. The highest BCUT2D eigenvalue weighted by Gasteiger charge is 2.35. The second-order valence-electron chi connectivity index (χ2n) is 6.95. The molecule has 1 aliphatic rings. The van der Waals surface area contributed by atoms with Crippen LogP contribution in [0.25, 0.3) is 11.4 Å². The van der Waals surface area contributed by atoms with E-state index in [1.54, 1.807) is 31.3 Å². The number of ether oxygens (including phenoxy) is 2. The van der Waals surface area contributed by atoms with Crippen LogP contribution in [0.15, 0.2) is 47.0 Å². The van der Waals surface area contributed by atoms with Gasteiger partial charge in [0.15, 0.2) is 11.5 Å². The molecule has 0 N–H and O–H groups in total. The largest absolute Gasteiger partial charge is 0.493 e. The molecule has 0 spiro atoms. The maximum atomic E-state index is 12.6. The van der Waals surface area contributed by atoms with Gasteiger partial charge in [-0.2, -0.15) is 4.98 Å². The van der Waals surface area contributed by atoms with Crippen LogP contribution < -0.4 is 14.4 Å². The van der Waals surface area contributed by atoms with Gasteiger partial charge in [-0.1, -0.05) is 36.3 Å². The number of rotatable bonds is 6. The topological polar surface area (TPSA) is 77.7 Å². The summed E-state index contributed by atoms with van der Waals surface area (Å²) in [5.41, 5.74) is 2.91. The Morgan fingerprint density at radius 1 is 1.10 bits per heavy atom. The van der Waals surface area contributed by atoms with E-state index in [1.165, 1.54) is 5.56 Å². The highest BCUT2D eigenvalue weighted by Crippen LogP contribution is 2.36. The number of hydrogen-bond acceptors (Lipinski definition) is 6. The third kappa shape index (κ3) is 3.68. The predicted octanol–water partition coefficient (Wildman–Crippen LogP) is 3.84. The van der Waals surface area contributed by atoms with E-state index in [0.29, 0.717) is 36.2 Å². The minimum atomic E-state index is -0.147. The first kappa shape index (κ1) is 19.0. The van der Waals surface area contributed by atoms with Gasteiger partial charge in [0.25, 0.3) is 0 Å². The first-order valence-corrected chi connectivity index (χ1v) is 9.58. The molecule has 1 amide bonds. The number of carbonyl (C=O) groups excluding carboxylic acids is 1. The molecule has 7 nitrogen and oxygen atoms in total. The molecule has 150 valence electrons. The fourth-order valence-electron chi connectivity index (χ4n) is 3.52. The van der Waals surface area contributed by atoms with Crippen LogP contribution in [0.1, 0.15) is 30.7 Å². The summed E-state index contributed by atoms with van der Waals surface area (Å²) in [6.07, 6.45) is 1.30. The quantitative estimate of drug-likeness (QED) is 0.633. The number of aryl methyl sites for hydroxylation is 1. The average molecular weight is 393 g/mol. The third-order valence-electron chi connectivity index (χ3n) is 5.22. The lowest BCUT2D eigenvalue weighted by Gasteiger charge is -2.18. The Labute approximate surface area is 169 Å². The predicted molar refractivity (Wildman–Crippen MR) is 108 cm³/mol. The van der Waals surface area contributed by atoms with E-state index in [4.69, 9.17) is 14.0 Å². The van der Waals surface area contributed by atoms with Crippen LogP contribution in [0.3, 0.4) is 0 Å². The van der Waals surface area contributed by atoms with Gasteiger partial charge in [-0.05, 0) is 24.1 Å². The molecule has 1 saturated heterocycles. The molecule has 7 heteroatoms. The monoisotopic (exact) mass is 393 g/mol. The summed E-state index contributed by atoms with van der Waals surface area (Å²) in [5, 5.41) is 4.11. The SMILES string of the molecule is CCc1ccc(-c2noc(C3CC(=O)N(c4ccc(OC)c(OC)c4)C3)n2)cc1. The Morgan fingerprint density at radius 3 is 2.55 bits per heavy atom. The molecule has 1 fully saturated rings. The van der Waals surface area contributed by atoms with E-state index in [1.807, 2.05) is 18.2 Å². The van der Waals surface area contributed by atoms with Crippen LogP contribution >= 0.6 is 0 Å². The van der Waals surface area contributed by atoms with Crippen molar-refractivity contribution in [2.24, 2.45) is 0 Å².